The molecule has 0 saturated carbocycles. The van der Waals surface area contributed by atoms with E-state index in [0.29, 0.717) is 35.9 Å². The number of aryl methyl sites for hydroxylation is 1. The Balaban J connectivity index is 1.60. The van der Waals surface area contributed by atoms with Gasteiger partial charge < -0.3 is 20.7 Å². The number of phenolic OH excluding ortho intramolecular Hbond substituents is 1. The van der Waals surface area contributed by atoms with Gasteiger partial charge in [0.2, 0.25) is 0 Å². The molecule has 4 rings (SSSR count). The van der Waals surface area contributed by atoms with E-state index in [1.165, 1.54) is 0 Å². The zero-order chi connectivity index (χ0) is 22.0. The number of phenols is 1. The molecule has 0 bridgehead atoms. The van der Waals surface area contributed by atoms with Gasteiger partial charge in [-0.3, -0.25) is 9.69 Å². The summed E-state index contributed by atoms with van der Waals surface area (Å²) in [6, 6.07) is 13.9. The quantitative estimate of drug-likeness (QED) is 0.600. The van der Waals surface area contributed by atoms with Crippen LogP contribution in [0.3, 0.4) is 0 Å². The second-order valence-corrected chi connectivity index (χ2v) is 7.40. The van der Waals surface area contributed by atoms with Crippen molar-refractivity contribution >= 4 is 5.91 Å². The monoisotopic (exact) mass is 417 g/mol. The Bertz CT molecular complexity index is 1200. The number of carbonyl (C=O) groups excluding carboxylic acids is 1. The minimum atomic E-state index is -0.473. The molecule has 4 N–H and O–H groups in total. The zero-order valence-electron chi connectivity index (χ0n) is 17.1. The smallest absolute Gasteiger partial charge is 0.345 e. The van der Waals surface area contributed by atoms with Gasteiger partial charge in [-0.25, -0.2) is 4.79 Å². The number of nitrogens with zero attached hydrogens (tertiary/aromatic N) is 3. The van der Waals surface area contributed by atoms with Gasteiger partial charge >= 0.3 is 5.69 Å². The molecule has 1 aliphatic heterocycles. The van der Waals surface area contributed by atoms with Crippen molar-refractivity contribution in [2.45, 2.75) is 6.92 Å². The van der Waals surface area contributed by atoms with Crippen molar-refractivity contribution < 1.29 is 9.90 Å². The Morgan fingerprint density at radius 3 is 2.61 bits per heavy atom. The van der Waals surface area contributed by atoms with Crippen molar-refractivity contribution in [3.63, 3.8) is 0 Å². The van der Waals surface area contributed by atoms with Crippen LogP contribution in [0.2, 0.25) is 0 Å². The highest BCUT2D eigenvalue weighted by Gasteiger charge is 2.19. The fraction of sp³-hybridized carbons (Fsp3) is 0.174. The topological polar surface area (TPSA) is 116 Å². The molecule has 0 radical (unpaired) electrons. The van der Waals surface area contributed by atoms with Crippen LogP contribution in [-0.2, 0) is 0 Å². The Hall–Kier alpha value is -3.75. The van der Waals surface area contributed by atoms with Gasteiger partial charge in [0.15, 0.2) is 0 Å². The minimum absolute atomic E-state index is 0.121. The molecule has 2 aromatic carbocycles. The van der Waals surface area contributed by atoms with Crippen LogP contribution in [0.4, 0.5) is 0 Å². The maximum absolute atomic E-state index is 12.8. The second-order valence-electron chi connectivity index (χ2n) is 7.40. The fourth-order valence-corrected chi connectivity index (χ4v) is 3.44. The summed E-state index contributed by atoms with van der Waals surface area (Å²) in [4.78, 5) is 35.3. The van der Waals surface area contributed by atoms with Crippen LogP contribution >= 0.6 is 0 Å². The molecule has 0 saturated heterocycles. The SMILES string of the molecule is Cc1cc(-c2cc(-c3ccc(C(=O)N4C=CCN(CN)C4)cc3)[nH]c(=O)n2)ccc1O. The number of nitrogens with two attached hydrogens (primary N) is 1. The number of aromatic nitrogens is 2. The summed E-state index contributed by atoms with van der Waals surface area (Å²) in [5, 5.41) is 9.74. The van der Waals surface area contributed by atoms with E-state index in [-0.39, 0.29) is 11.7 Å². The minimum Gasteiger partial charge on any atom is -0.508 e. The van der Waals surface area contributed by atoms with Crippen molar-refractivity contribution in [1.82, 2.24) is 19.8 Å². The summed E-state index contributed by atoms with van der Waals surface area (Å²) >= 11 is 0. The van der Waals surface area contributed by atoms with Crippen LogP contribution in [0.15, 0.2) is 65.6 Å². The maximum Gasteiger partial charge on any atom is 0.345 e. The Morgan fingerprint density at radius 1 is 1.16 bits per heavy atom. The third-order valence-corrected chi connectivity index (χ3v) is 5.20. The normalized spacial score (nSPS) is 14.1. The van der Waals surface area contributed by atoms with Gasteiger partial charge in [-0.15, -0.1) is 0 Å². The number of rotatable bonds is 4. The fourth-order valence-electron chi connectivity index (χ4n) is 3.44. The number of hydrogen-bond acceptors (Lipinski definition) is 6. The summed E-state index contributed by atoms with van der Waals surface area (Å²) in [6.45, 7) is 3.33. The highest BCUT2D eigenvalue weighted by atomic mass is 16.3. The lowest BCUT2D eigenvalue weighted by Crippen LogP contribution is -2.44. The number of hydrogen-bond donors (Lipinski definition) is 3. The molecule has 0 atom stereocenters. The van der Waals surface area contributed by atoms with Crippen LogP contribution in [0, 0.1) is 6.92 Å². The summed E-state index contributed by atoms with van der Waals surface area (Å²) < 4.78 is 0. The highest BCUT2D eigenvalue weighted by molar-refractivity contribution is 5.95. The molecule has 1 aromatic heterocycles. The Kier molecular flexibility index (Phi) is 5.66. The molecule has 158 valence electrons. The van der Waals surface area contributed by atoms with Crippen molar-refractivity contribution in [3.05, 3.63) is 82.4 Å². The summed E-state index contributed by atoms with van der Waals surface area (Å²) in [5.74, 6) is 0.0663. The average molecular weight is 417 g/mol. The largest absolute Gasteiger partial charge is 0.508 e. The number of nitrogens with one attached hydrogen (secondary N) is 1. The first-order valence-electron chi connectivity index (χ1n) is 9.86. The summed E-state index contributed by atoms with van der Waals surface area (Å²) in [7, 11) is 0. The van der Waals surface area contributed by atoms with Crippen LogP contribution in [0.5, 0.6) is 5.75 Å². The average Bonchev–Trinajstić information content (AvgIpc) is 2.80. The molecule has 0 spiro atoms. The molecule has 8 nitrogen and oxygen atoms in total. The van der Waals surface area contributed by atoms with Crippen LogP contribution in [0.1, 0.15) is 15.9 Å². The Labute approximate surface area is 179 Å². The predicted molar refractivity (Wildman–Crippen MR) is 118 cm³/mol. The van der Waals surface area contributed by atoms with Crippen molar-refractivity contribution in [3.8, 4) is 28.3 Å². The summed E-state index contributed by atoms with van der Waals surface area (Å²) in [5.41, 5.74) is 9.02. The van der Waals surface area contributed by atoms with E-state index in [0.717, 1.165) is 17.7 Å². The van der Waals surface area contributed by atoms with Crippen molar-refractivity contribution in [2.24, 2.45) is 5.73 Å². The standard InChI is InChI=1S/C23H23N5O3/c1-15-11-18(7-8-21(15)29)20-12-19(25-23(31)26-20)16-3-5-17(6-4-16)22(30)28-10-2-9-27(13-24)14-28/h2-8,10-12,29H,9,13-14,24H2,1H3,(H,25,26,31). The number of aromatic hydroxyl groups is 1. The van der Waals surface area contributed by atoms with Gasteiger partial charge in [0.25, 0.3) is 5.91 Å². The van der Waals surface area contributed by atoms with Gasteiger partial charge in [-0.1, -0.05) is 18.2 Å². The lowest BCUT2D eigenvalue weighted by atomic mass is 10.0. The number of amides is 1. The van der Waals surface area contributed by atoms with E-state index in [2.05, 4.69) is 9.97 Å². The number of aromatic amines is 1. The molecule has 8 heteroatoms. The molecule has 0 unspecified atom stereocenters. The van der Waals surface area contributed by atoms with E-state index in [9.17, 15) is 14.7 Å². The first-order chi connectivity index (χ1) is 14.9. The van der Waals surface area contributed by atoms with E-state index >= 15 is 0 Å². The number of carbonyl (C=O) groups is 1. The van der Waals surface area contributed by atoms with E-state index < -0.39 is 5.69 Å². The first-order valence-corrected chi connectivity index (χ1v) is 9.86. The van der Waals surface area contributed by atoms with Crippen molar-refractivity contribution in [2.75, 3.05) is 19.9 Å². The maximum atomic E-state index is 12.8. The van der Waals surface area contributed by atoms with Gasteiger partial charge in [0.05, 0.1) is 18.1 Å². The van der Waals surface area contributed by atoms with Crippen LogP contribution in [0.25, 0.3) is 22.5 Å². The van der Waals surface area contributed by atoms with Gasteiger partial charge in [0.1, 0.15) is 5.75 Å². The lowest BCUT2D eigenvalue weighted by Gasteiger charge is -2.30. The van der Waals surface area contributed by atoms with Gasteiger partial charge in [-0.2, -0.15) is 4.98 Å². The van der Waals surface area contributed by atoms with E-state index in [1.807, 2.05) is 11.0 Å². The molecular weight excluding hydrogens is 394 g/mol. The van der Waals surface area contributed by atoms with Crippen molar-refractivity contribution in [1.29, 1.82) is 0 Å². The summed E-state index contributed by atoms with van der Waals surface area (Å²) in [6.07, 6.45) is 3.67. The molecule has 31 heavy (non-hydrogen) atoms. The van der Waals surface area contributed by atoms with Gasteiger partial charge in [0, 0.05) is 30.5 Å². The third kappa shape index (κ3) is 4.40. The highest BCUT2D eigenvalue weighted by Crippen LogP contribution is 2.26. The lowest BCUT2D eigenvalue weighted by molar-refractivity contribution is 0.0718. The second kappa shape index (κ2) is 8.55. The Morgan fingerprint density at radius 2 is 1.90 bits per heavy atom. The van der Waals surface area contributed by atoms with E-state index in [4.69, 9.17) is 5.73 Å². The molecule has 1 aliphatic rings. The molecule has 0 fully saturated rings. The molecule has 1 amide bonds. The number of benzene rings is 2. The van der Waals surface area contributed by atoms with Crippen LogP contribution in [-0.4, -0.2) is 50.7 Å². The molecule has 2 heterocycles. The van der Waals surface area contributed by atoms with Gasteiger partial charge in [-0.05, 0) is 54.4 Å². The van der Waals surface area contributed by atoms with Crippen LogP contribution < -0.4 is 11.4 Å². The molecular formula is C23H23N5O3. The zero-order valence-corrected chi connectivity index (χ0v) is 17.1. The first kappa shape index (κ1) is 20.5. The predicted octanol–water partition coefficient (Wildman–Crippen LogP) is 2.26. The molecule has 0 aliphatic carbocycles. The molecule has 3 aromatic rings. The number of H-pyrrole nitrogens is 1. The third-order valence-electron chi connectivity index (χ3n) is 5.20. The van der Waals surface area contributed by atoms with E-state index in [1.54, 1.807) is 66.6 Å².